The number of nitrogens with zero attached hydrogens (tertiary/aromatic N) is 1. The number of aromatic amines is 1. The lowest BCUT2D eigenvalue weighted by Gasteiger charge is -2.06. The first-order valence-corrected chi connectivity index (χ1v) is 6.11. The monoisotopic (exact) mass is 246 g/mol. The minimum Gasteiger partial charge on any atom is -0.356 e. The number of hydrogen-bond donors (Lipinski definition) is 3. The van der Waals surface area contributed by atoms with Crippen LogP contribution in [0.1, 0.15) is 19.0 Å². The minimum absolute atomic E-state index is 0.00921. The molecule has 5 nitrogen and oxygen atoms in total. The molecule has 1 atom stereocenters. The maximum atomic E-state index is 11.7. The van der Waals surface area contributed by atoms with E-state index in [0.29, 0.717) is 13.0 Å². The number of nitrogens with one attached hydrogen (secondary N) is 2. The summed E-state index contributed by atoms with van der Waals surface area (Å²) in [7, 11) is 0. The summed E-state index contributed by atoms with van der Waals surface area (Å²) in [5.41, 5.74) is 7.36. The summed E-state index contributed by atoms with van der Waals surface area (Å²) in [6, 6.07) is 7.86. The van der Waals surface area contributed by atoms with E-state index in [1.165, 1.54) is 0 Å². The van der Waals surface area contributed by atoms with E-state index in [-0.39, 0.29) is 11.9 Å². The van der Waals surface area contributed by atoms with Gasteiger partial charge in [0.1, 0.15) is 0 Å². The predicted molar refractivity (Wildman–Crippen MR) is 71.1 cm³/mol. The quantitative estimate of drug-likeness (QED) is 0.734. The Balaban J connectivity index is 1.95. The molecule has 1 heterocycles. The summed E-state index contributed by atoms with van der Waals surface area (Å²) in [6.45, 7) is 2.54. The Morgan fingerprint density at radius 2 is 2.28 bits per heavy atom. The van der Waals surface area contributed by atoms with Crippen LogP contribution in [0.4, 0.5) is 0 Å². The number of aromatic nitrogens is 2. The van der Waals surface area contributed by atoms with E-state index in [1.807, 2.05) is 31.2 Å². The van der Waals surface area contributed by atoms with E-state index in [4.69, 9.17) is 5.73 Å². The predicted octanol–water partition coefficient (Wildman–Crippen LogP) is 0.959. The number of fused-ring (bicyclic) bond motifs is 1. The second-order valence-corrected chi connectivity index (χ2v) is 4.51. The fourth-order valence-electron chi connectivity index (χ4n) is 1.81. The topological polar surface area (TPSA) is 83.8 Å². The van der Waals surface area contributed by atoms with Gasteiger partial charge < -0.3 is 11.1 Å². The van der Waals surface area contributed by atoms with Crippen molar-refractivity contribution in [3.8, 4) is 0 Å². The molecular formula is C13H18N4O. The lowest BCUT2D eigenvalue weighted by Crippen LogP contribution is -2.30. The average Bonchev–Trinajstić information content (AvgIpc) is 2.72. The number of carbonyl (C=O) groups is 1. The highest BCUT2D eigenvalue weighted by atomic mass is 16.1. The van der Waals surface area contributed by atoms with Crippen LogP contribution in [0.25, 0.3) is 10.9 Å². The van der Waals surface area contributed by atoms with E-state index in [9.17, 15) is 4.79 Å². The molecule has 1 aromatic heterocycles. The van der Waals surface area contributed by atoms with Crippen molar-refractivity contribution in [2.75, 3.05) is 6.54 Å². The Hall–Kier alpha value is -1.88. The highest BCUT2D eigenvalue weighted by Crippen LogP contribution is 2.15. The second-order valence-electron chi connectivity index (χ2n) is 4.51. The number of hydrogen-bond acceptors (Lipinski definition) is 3. The summed E-state index contributed by atoms with van der Waals surface area (Å²) in [4.78, 5) is 11.7. The van der Waals surface area contributed by atoms with Gasteiger partial charge in [-0.2, -0.15) is 5.10 Å². The van der Waals surface area contributed by atoms with Crippen LogP contribution in [0.15, 0.2) is 24.3 Å². The van der Waals surface area contributed by atoms with Gasteiger partial charge in [0.25, 0.3) is 0 Å². The molecule has 0 saturated heterocycles. The molecule has 1 aromatic carbocycles. The summed E-state index contributed by atoms with van der Waals surface area (Å²) in [6.07, 6.45) is 1.11. The second kappa shape index (κ2) is 5.64. The Labute approximate surface area is 106 Å². The molecule has 18 heavy (non-hydrogen) atoms. The van der Waals surface area contributed by atoms with Gasteiger partial charge in [0.15, 0.2) is 0 Å². The van der Waals surface area contributed by atoms with Gasteiger partial charge in [-0.1, -0.05) is 18.2 Å². The zero-order valence-corrected chi connectivity index (χ0v) is 10.4. The molecule has 2 rings (SSSR count). The summed E-state index contributed by atoms with van der Waals surface area (Å²) in [5.74, 6) is -0.00921. The fourth-order valence-corrected chi connectivity index (χ4v) is 1.81. The molecular weight excluding hydrogens is 228 g/mol. The van der Waals surface area contributed by atoms with E-state index in [1.54, 1.807) is 0 Å². The number of rotatable bonds is 5. The van der Waals surface area contributed by atoms with E-state index < -0.39 is 0 Å². The molecule has 0 aliphatic rings. The lowest BCUT2D eigenvalue weighted by molar-refractivity contribution is -0.120. The van der Waals surface area contributed by atoms with Crippen LogP contribution < -0.4 is 11.1 Å². The molecule has 4 N–H and O–H groups in total. The third-order valence-electron chi connectivity index (χ3n) is 2.80. The summed E-state index contributed by atoms with van der Waals surface area (Å²) in [5, 5.41) is 10.9. The van der Waals surface area contributed by atoms with Crippen LogP contribution in [0.2, 0.25) is 0 Å². The third-order valence-corrected chi connectivity index (χ3v) is 2.80. The molecule has 1 amide bonds. The van der Waals surface area contributed by atoms with Crippen molar-refractivity contribution >= 4 is 16.8 Å². The Bertz CT molecular complexity index is 533. The standard InChI is InChI=1S/C13H18N4O/c1-9(14)6-7-15-13(18)8-12-10-4-2-3-5-11(10)16-17-12/h2-5,9H,6-8,14H2,1H3,(H,15,18)(H,16,17). The minimum atomic E-state index is -0.00921. The van der Waals surface area contributed by atoms with Crippen molar-refractivity contribution in [3.05, 3.63) is 30.0 Å². The van der Waals surface area contributed by atoms with Crippen LogP contribution in [-0.4, -0.2) is 28.7 Å². The van der Waals surface area contributed by atoms with Crippen LogP contribution in [0.5, 0.6) is 0 Å². The van der Waals surface area contributed by atoms with Crippen molar-refractivity contribution in [2.24, 2.45) is 5.73 Å². The third kappa shape index (κ3) is 3.07. The highest BCUT2D eigenvalue weighted by Gasteiger charge is 2.09. The van der Waals surface area contributed by atoms with Crippen molar-refractivity contribution < 1.29 is 4.79 Å². The molecule has 1 unspecified atom stereocenters. The van der Waals surface area contributed by atoms with Gasteiger partial charge in [0.2, 0.25) is 5.91 Å². The Kier molecular flexibility index (Phi) is 3.94. The largest absolute Gasteiger partial charge is 0.356 e. The molecule has 0 fully saturated rings. The van der Waals surface area contributed by atoms with Crippen LogP contribution in [0, 0.1) is 0 Å². The van der Waals surface area contributed by atoms with Gasteiger partial charge in [0.05, 0.1) is 17.6 Å². The number of amides is 1. The Morgan fingerprint density at radius 1 is 1.50 bits per heavy atom. The highest BCUT2D eigenvalue weighted by molar-refractivity contribution is 5.87. The number of para-hydroxylation sites is 1. The first-order valence-electron chi connectivity index (χ1n) is 6.11. The molecule has 96 valence electrons. The lowest BCUT2D eigenvalue weighted by atomic mass is 10.1. The van der Waals surface area contributed by atoms with Gasteiger partial charge in [-0.05, 0) is 19.4 Å². The molecule has 5 heteroatoms. The first kappa shape index (κ1) is 12.6. The zero-order chi connectivity index (χ0) is 13.0. The number of H-pyrrole nitrogens is 1. The van der Waals surface area contributed by atoms with Gasteiger partial charge >= 0.3 is 0 Å². The summed E-state index contributed by atoms with van der Waals surface area (Å²) < 4.78 is 0. The van der Waals surface area contributed by atoms with E-state index in [0.717, 1.165) is 23.0 Å². The Morgan fingerprint density at radius 3 is 3.06 bits per heavy atom. The van der Waals surface area contributed by atoms with Crippen molar-refractivity contribution in [1.82, 2.24) is 15.5 Å². The number of benzene rings is 1. The van der Waals surface area contributed by atoms with Gasteiger partial charge in [-0.3, -0.25) is 9.89 Å². The fraction of sp³-hybridized carbons (Fsp3) is 0.385. The van der Waals surface area contributed by atoms with Gasteiger partial charge in [-0.25, -0.2) is 0 Å². The van der Waals surface area contributed by atoms with Crippen molar-refractivity contribution in [3.63, 3.8) is 0 Å². The van der Waals surface area contributed by atoms with Crippen LogP contribution in [-0.2, 0) is 11.2 Å². The van der Waals surface area contributed by atoms with Crippen LogP contribution in [0.3, 0.4) is 0 Å². The molecule has 0 bridgehead atoms. The van der Waals surface area contributed by atoms with E-state index in [2.05, 4.69) is 15.5 Å². The molecule has 0 spiro atoms. The molecule has 0 aliphatic heterocycles. The van der Waals surface area contributed by atoms with Crippen molar-refractivity contribution in [1.29, 1.82) is 0 Å². The molecule has 0 aliphatic carbocycles. The van der Waals surface area contributed by atoms with Gasteiger partial charge in [-0.15, -0.1) is 0 Å². The van der Waals surface area contributed by atoms with Crippen molar-refractivity contribution in [2.45, 2.75) is 25.8 Å². The first-order chi connectivity index (χ1) is 8.66. The molecule has 0 saturated carbocycles. The molecule has 0 radical (unpaired) electrons. The zero-order valence-electron chi connectivity index (χ0n) is 10.4. The van der Waals surface area contributed by atoms with Gasteiger partial charge in [0, 0.05) is 18.0 Å². The van der Waals surface area contributed by atoms with Crippen LogP contribution >= 0.6 is 0 Å². The normalized spacial score (nSPS) is 12.6. The van der Waals surface area contributed by atoms with E-state index >= 15 is 0 Å². The number of carbonyl (C=O) groups excluding carboxylic acids is 1. The SMILES string of the molecule is CC(N)CCNC(=O)Cc1[nH]nc2ccccc12. The maximum absolute atomic E-state index is 11.7. The maximum Gasteiger partial charge on any atom is 0.226 e. The smallest absolute Gasteiger partial charge is 0.226 e. The average molecular weight is 246 g/mol. The number of nitrogens with two attached hydrogens (primary N) is 1. The molecule has 2 aromatic rings. The summed E-state index contributed by atoms with van der Waals surface area (Å²) >= 11 is 0.